The molecular formula is C25H23N3O5. The molecular weight excluding hydrogens is 422 g/mol. The number of nitrogens with zero attached hydrogens (tertiary/aromatic N) is 2. The Balaban J connectivity index is 1.47. The number of imide groups is 1. The molecule has 0 spiro atoms. The minimum Gasteiger partial charge on any atom is -0.324 e. The summed E-state index contributed by atoms with van der Waals surface area (Å²) >= 11 is 0. The van der Waals surface area contributed by atoms with E-state index >= 15 is 0 Å². The standard InChI is InChI=1S/C25H23N3O5/c29-23(26-18-7-4-8-19(14-18)28(32)33)20(13-15-5-2-1-3-6-15)27-24(30)21-16-9-10-17(12-11-16)22(21)25(27)31/h1-10,14,16-17,20-22H,11-13H2,(H,26,29)/t16-,17-,20+,21-,22+/m0/s1. The van der Waals surface area contributed by atoms with Crippen molar-refractivity contribution in [3.8, 4) is 0 Å². The lowest BCUT2D eigenvalue weighted by molar-refractivity contribution is -0.384. The summed E-state index contributed by atoms with van der Waals surface area (Å²) in [6.07, 6.45) is 6.00. The highest BCUT2D eigenvalue weighted by atomic mass is 16.6. The number of anilines is 1. The predicted octanol–water partition coefficient (Wildman–Crippen LogP) is 3.34. The van der Waals surface area contributed by atoms with Gasteiger partial charge in [-0.15, -0.1) is 0 Å². The third-order valence-corrected chi connectivity index (χ3v) is 7.00. The SMILES string of the molecule is O=C(Nc1cccc([N+](=O)[O-])c1)[C@@H](Cc1ccccc1)N1C(=O)[C@@H]2[C@H](C1=O)[C@H]1C=C[C@H]2CC1. The molecule has 4 aliphatic rings. The second-order valence-electron chi connectivity index (χ2n) is 8.89. The fraction of sp³-hybridized carbons (Fsp3) is 0.320. The molecule has 0 radical (unpaired) electrons. The molecule has 2 bridgehead atoms. The summed E-state index contributed by atoms with van der Waals surface area (Å²) in [6.45, 7) is 0. The topological polar surface area (TPSA) is 110 Å². The first-order chi connectivity index (χ1) is 15.9. The molecule has 168 valence electrons. The van der Waals surface area contributed by atoms with Crippen LogP contribution in [-0.2, 0) is 20.8 Å². The van der Waals surface area contributed by atoms with Gasteiger partial charge < -0.3 is 5.32 Å². The zero-order valence-electron chi connectivity index (χ0n) is 17.8. The van der Waals surface area contributed by atoms with Crippen molar-refractivity contribution in [1.82, 2.24) is 4.90 Å². The quantitative estimate of drug-likeness (QED) is 0.317. The molecule has 1 aliphatic heterocycles. The molecule has 0 aromatic heterocycles. The molecule has 1 heterocycles. The molecule has 1 saturated heterocycles. The Labute approximate surface area is 190 Å². The smallest absolute Gasteiger partial charge is 0.271 e. The van der Waals surface area contributed by atoms with Gasteiger partial charge in [-0.1, -0.05) is 48.6 Å². The molecule has 2 fully saturated rings. The van der Waals surface area contributed by atoms with Crippen molar-refractivity contribution < 1.29 is 19.3 Å². The van der Waals surface area contributed by atoms with Crippen LogP contribution in [0.15, 0.2) is 66.7 Å². The van der Waals surface area contributed by atoms with E-state index in [1.165, 1.54) is 18.2 Å². The molecule has 6 rings (SSSR count). The highest BCUT2D eigenvalue weighted by Crippen LogP contribution is 2.50. The summed E-state index contributed by atoms with van der Waals surface area (Å²) in [5, 5.41) is 13.8. The largest absolute Gasteiger partial charge is 0.324 e. The maximum Gasteiger partial charge on any atom is 0.271 e. The van der Waals surface area contributed by atoms with Gasteiger partial charge in [0.15, 0.2) is 0 Å². The van der Waals surface area contributed by atoms with Gasteiger partial charge in [-0.3, -0.25) is 29.4 Å². The van der Waals surface area contributed by atoms with Crippen LogP contribution in [0.1, 0.15) is 18.4 Å². The van der Waals surface area contributed by atoms with E-state index in [-0.39, 0.29) is 41.4 Å². The number of amides is 3. The summed E-state index contributed by atoms with van der Waals surface area (Å²) in [7, 11) is 0. The Morgan fingerprint density at radius 2 is 1.64 bits per heavy atom. The molecule has 2 aromatic rings. The average molecular weight is 445 g/mol. The van der Waals surface area contributed by atoms with Crippen LogP contribution in [0.3, 0.4) is 0 Å². The van der Waals surface area contributed by atoms with Crippen LogP contribution in [0.5, 0.6) is 0 Å². The van der Waals surface area contributed by atoms with Crippen LogP contribution in [0, 0.1) is 33.8 Å². The van der Waals surface area contributed by atoms with Gasteiger partial charge in [-0.05, 0) is 36.3 Å². The van der Waals surface area contributed by atoms with Crippen LogP contribution in [0.2, 0.25) is 0 Å². The fourth-order valence-corrected chi connectivity index (χ4v) is 5.47. The molecule has 5 atom stereocenters. The third-order valence-electron chi connectivity index (χ3n) is 7.00. The summed E-state index contributed by atoms with van der Waals surface area (Å²) in [4.78, 5) is 52.1. The molecule has 0 unspecified atom stereocenters. The maximum atomic E-state index is 13.5. The van der Waals surface area contributed by atoms with Gasteiger partial charge >= 0.3 is 0 Å². The van der Waals surface area contributed by atoms with Crippen LogP contribution >= 0.6 is 0 Å². The lowest BCUT2D eigenvalue weighted by atomic mass is 9.63. The third kappa shape index (κ3) is 3.71. The Kier molecular flexibility index (Phi) is 5.28. The number of rotatable bonds is 6. The number of non-ortho nitro benzene ring substituents is 1. The average Bonchev–Trinajstić information content (AvgIpc) is 3.11. The number of hydrogen-bond acceptors (Lipinski definition) is 5. The first kappa shape index (κ1) is 21.1. The molecule has 3 aliphatic carbocycles. The van der Waals surface area contributed by atoms with Gasteiger partial charge in [0.25, 0.3) is 5.69 Å². The number of hydrogen-bond donors (Lipinski definition) is 1. The zero-order chi connectivity index (χ0) is 23.1. The first-order valence-electron chi connectivity index (χ1n) is 11.1. The van der Waals surface area contributed by atoms with Crippen molar-refractivity contribution >= 4 is 29.1 Å². The van der Waals surface area contributed by atoms with E-state index < -0.39 is 28.7 Å². The maximum absolute atomic E-state index is 13.5. The van der Waals surface area contributed by atoms with Crippen LogP contribution < -0.4 is 5.32 Å². The first-order valence-corrected chi connectivity index (χ1v) is 11.1. The number of benzene rings is 2. The van der Waals surface area contributed by atoms with Crippen molar-refractivity contribution in [3.63, 3.8) is 0 Å². The van der Waals surface area contributed by atoms with E-state index in [2.05, 4.69) is 5.32 Å². The van der Waals surface area contributed by atoms with E-state index in [1.807, 2.05) is 42.5 Å². The molecule has 1 N–H and O–H groups in total. The number of nitrogens with one attached hydrogen (secondary N) is 1. The highest BCUT2D eigenvalue weighted by Gasteiger charge is 2.58. The van der Waals surface area contributed by atoms with Gasteiger partial charge in [0.2, 0.25) is 17.7 Å². The van der Waals surface area contributed by atoms with E-state index in [1.54, 1.807) is 6.07 Å². The van der Waals surface area contributed by atoms with E-state index in [0.717, 1.165) is 23.3 Å². The normalized spacial score (nSPS) is 26.2. The Bertz CT molecular complexity index is 1130. The number of likely N-dealkylation sites (tertiary alicyclic amines) is 1. The molecule has 8 heteroatoms. The van der Waals surface area contributed by atoms with E-state index in [9.17, 15) is 24.5 Å². The Morgan fingerprint density at radius 3 is 2.21 bits per heavy atom. The Morgan fingerprint density at radius 1 is 1.00 bits per heavy atom. The summed E-state index contributed by atoms with van der Waals surface area (Å²) in [5.74, 6) is -1.90. The second-order valence-corrected chi connectivity index (χ2v) is 8.89. The van der Waals surface area contributed by atoms with E-state index in [4.69, 9.17) is 0 Å². The minimum atomic E-state index is -1.04. The lowest BCUT2D eigenvalue weighted by Gasteiger charge is -2.38. The number of nitro benzene ring substituents is 1. The summed E-state index contributed by atoms with van der Waals surface area (Å²) < 4.78 is 0. The van der Waals surface area contributed by atoms with Crippen molar-refractivity contribution in [3.05, 3.63) is 82.4 Å². The second kappa shape index (κ2) is 8.27. The van der Waals surface area contributed by atoms with Crippen LogP contribution in [0.4, 0.5) is 11.4 Å². The number of nitro groups is 1. The van der Waals surface area contributed by atoms with Crippen molar-refractivity contribution in [1.29, 1.82) is 0 Å². The summed E-state index contributed by atoms with van der Waals surface area (Å²) in [6, 6.07) is 13.8. The number of allylic oxidation sites excluding steroid dienone is 2. The van der Waals surface area contributed by atoms with Gasteiger partial charge in [0.05, 0.1) is 16.8 Å². The number of carbonyl (C=O) groups excluding carboxylic acids is 3. The fourth-order valence-electron chi connectivity index (χ4n) is 5.47. The van der Waals surface area contributed by atoms with Crippen LogP contribution in [0.25, 0.3) is 0 Å². The predicted molar refractivity (Wildman–Crippen MR) is 120 cm³/mol. The highest BCUT2D eigenvalue weighted by molar-refractivity contribution is 6.10. The van der Waals surface area contributed by atoms with Gasteiger partial charge in [-0.2, -0.15) is 0 Å². The van der Waals surface area contributed by atoms with Crippen LogP contribution in [-0.4, -0.2) is 33.6 Å². The van der Waals surface area contributed by atoms with Crippen molar-refractivity contribution in [2.45, 2.75) is 25.3 Å². The van der Waals surface area contributed by atoms with Gasteiger partial charge in [0, 0.05) is 24.2 Å². The van der Waals surface area contributed by atoms with E-state index in [0.29, 0.717) is 0 Å². The molecule has 2 aromatic carbocycles. The summed E-state index contributed by atoms with van der Waals surface area (Å²) in [5.41, 5.74) is 0.896. The number of carbonyl (C=O) groups is 3. The molecule has 33 heavy (non-hydrogen) atoms. The number of fused-ring (bicyclic) bond motifs is 1. The van der Waals surface area contributed by atoms with Gasteiger partial charge in [-0.25, -0.2) is 0 Å². The van der Waals surface area contributed by atoms with Gasteiger partial charge in [0.1, 0.15) is 6.04 Å². The molecule has 8 nitrogen and oxygen atoms in total. The zero-order valence-corrected chi connectivity index (χ0v) is 17.8. The van der Waals surface area contributed by atoms with Crippen molar-refractivity contribution in [2.24, 2.45) is 23.7 Å². The van der Waals surface area contributed by atoms with Crippen molar-refractivity contribution in [2.75, 3.05) is 5.32 Å². The monoisotopic (exact) mass is 445 g/mol. The molecule has 3 amide bonds. The Hall–Kier alpha value is -3.81. The lowest BCUT2D eigenvalue weighted by Crippen LogP contribution is -2.49. The minimum absolute atomic E-state index is 0.0265. The molecule has 1 saturated carbocycles.